The van der Waals surface area contributed by atoms with E-state index in [1.807, 2.05) is 0 Å². The van der Waals surface area contributed by atoms with Crippen LogP contribution in [0.25, 0.3) is 0 Å². The van der Waals surface area contributed by atoms with Gasteiger partial charge in [0.2, 0.25) is 0 Å². The monoisotopic (exact) mass is 221 g/mol. The summed E-state index contributed by atoms with van der Waals surface area (Å²) in [6.45, 7) is 0. The Balaban J connectivity index is 3.10. The van der Waals surface area contributed by atoms with E-state index in [0.717, 1.165) is 0 Å². The van der Waals surface area contributed by atoms with Gasteiger partial charge in [-0.05, 0) is 18.2 Å². The number of carbonyl (C=O) groups excluding carboxylic acids is 1. The molecule has 78 valence electrons. The van der Waals surface area contributed by atoms with Gasteiger partial charge in [-0.15, -0.1) is 0 Å². The highest BCUT2D eigenvalue weighted by atomic mass is 32.1. The van der Waals surface area contributed by atoms with Gasteiger partial charge in [0.05, 0.1) is 18.4 Å². The molecule has 0 amide bonds. The van der Waals surface area contributed by atoms with Gasteiger partial charge in [-0.2, -0.15) is 12.6 Å². The number of nitrogens with two attached hydrogens (primary N) is 1. The minimum absolute atomic E-state index is 0.399. The number of hydrogen-bond donors (Lipinski definition) is 2. The van der Waals surface area contributed by atoms with Crippen LogP contribution in [0.5, 0.6) is 0 Å². The maximum absolute atomic E-state index is 11.2. The predicted octanol–water partition coefficient (Wildman–Crippen LogP) is 1.34. The van der Waals surface area contributed by atoms with Crippen LogP contribution in [0.15, 0.2) is 18.2 Å². The molecule has 15 heavy (non-hydrogen) atoms. The first-order valence-corrected chi connectivity index (χ1v) is 4.90. The average Bonchev–Trinajstić information content (AvgIpc) is 2.27. The molecule has 0 aliphatic carbocycles. The molecule has 1 aromatic rings. The van der Waals surface area contributed by atoms with Crippen molar-refractivity contribution in [3.8, 4) is 11.8 Å². The van der Waals surface area contributed by atoms with E-state index < -0.39 is 5.97 Å². The van der Waals surface area contributed by atoms with Crippen molar-refractivity contribution in [2.45, 2.75) is 0 Å². The molecule has 1 aromatic carbocycles. The standard InChI is InChI=1S/C11H11NO2S/c1-14-11(13)9-4-5-10(12)8(7-9)3-2-6-15/h4-5,7,15H,6,12H2,1H3. The molecule has 0 radical (unpaired) electrons. The maximum Gasteiger partial charge on any atom is 0.337 e. The molecule has 0 aliphatic heterocycles. The molecule has 0 bridgehead atoms. The molecule has 0 aliphatic rings. The van der Waals surface area contributed by atoms with Gasteiger partial charge in [0.1, 0.15) is 0 Å². The Morgan fingerprint density at radius 2 is 2.33 bits per heavy atom. The zero-order valence-electron chi connectivity index (χ0n) is 8.28. The van der Waals surface area contributed by atoms with E-state index in [0.29, 0.717) is 22.6 Å². The van der Waals surface area contributed by atoms with Crippen LogP contribution >= 0.6 is 12.6 Å². The Morgan fingerprint density at radius 1 is 1.60 bits per heavy atom. The normalized spacial score (nSPS) is 8.93. The zero-order valence-corrected chi connectivity index (χ0v) is 9.17. The number of ether oxygens (including phenoxy) is 1. The SMILES string of the molecule is COC(=O)c1ccc(N)c(C#CCS)c1. The second-order valence-corrected chi connectivity index (χ2v) is 3.07. The lowest BCUT2D eigenvalue weighted by atomic mass is 10.1. The summed E-state index contributed by atoms with van der Waals surface area (Å²) in [5, 5.41) is 0. The highest BCUT2D eigenvalue weighted by molar-refractivity contribution is 7.80. The lowest BCUT2D eigenvalue weighted by Crippen LogP contribution is -2.02. The smallest absolute Gasteiger partial charge is 0.337 e. The van der Waals surface area contributed by atoms with E-state index in [1.54, 1.807) is 18.2 Å². The molecule has 1 rings (SSSR count). The van der Waals surface area contributed by atoms with Crippen LogP contribution in [-0.2, 0) is 4.74 Å². The summed E-state index contributed by atoms with van der Waals surface area (Å²) < 4.78 is 4.59. The summed E-state index contributed by atoms with van der Waals surface area (Å²) in [6, 6.07) is 4.85. The number of carbonyl (C=O) groups is 1. The number of thiol groups is 1. The number of rotatable bonds is 1. The number of nitrogen functional groups attached to an aromatic ring is 1. The van der Waals surface area contributed by atoms with Crippen LogP contribution in [0.3, 0.4) is 0 Å². The fourth-order valence-electron chi connectivity index (χ4n) is 1.04. The first-order valence-electron chi connectivity index (χ1n) is 4.26. The van der Waals surface area contributed by atoms with Crippen LogP contribution in [-0.4, -0.2) is 18.8 Å². The molecular formula is C11H11NO2S. The number of methoxy groups -OCH3 is 1. The molecule has 0 unspecified atom stereocenters. The number of hydrogen-bond acceptors (Lipinski definition) is 4. The molecule has 0 spiro atoms. The number of anilines is 1. The van der Waals surface area contributed by atoms with E-state index in [1.165, 1.54) is 7.11 Å². The second-order valence-electron chi connectivity index (χ2n) is 2.75. The van der Waals surface area contributed by atoms with Crippen molar-refractivity contribution >= 4 is 24.3 Å². The maximum atomic E-state index is 11.2. The summed E-state index contributed by atoms with van der Waals surface area (Å²) in [5.74, 6) is 5.64. The second kappa shape index (κ2) is 5.32. The third-order valence-corrected chi connectivity index (χ3v) is 1.93. The summed E-state index contributed by atoms with van der Waals surface area (Å²) >= 11 is 3.96. The van der Waals surface area contributed by atoms with Crippen molar-refractivity contribution in [3.63, 3.8) is 0 Å². The molecule has 4 heteroatoms. The van der Waals surface area contributed by atoms with Crippen LogP contribution in [0.2, 0.25) is 0 Å². The number of benzene rings is 1. The summed E-state index contributed by atoms with van der Waals surface area (Å²) in [6.07, 6.45) is 0. The molecule has 0 saturated carbocycles. The molecule has 0 fully saturated rings. The average molecular weight is 221 g/mol. The minimum atomic E-state index is -0.399. The fraction of sp³-hybridized carbons (Fsp3) is 0.182. The molecule has 0 heterocycles. The molecule has 3 nitrogen and oxygen atoms in total. The number of esters is 1. The van der Waals surface area contributed by atoms with Crippen molar-refractivity contribution in [2.24, 2.45) is 0 Å². The van der Waals surface area contributed by atoms with Crippen LogP contribution in [0.4, 0.5) is 5.69 Å². The van der Waals surface area contributed by atoms with E-state index in [9.17, 15) is 4.79 Å². The van der Waals surface area contributed by atoms with Crippen molar-refractivity contribution in [3.05, 3.63) is 29.3 Å². The van der Waals surface area contributed by atoms with Crippen LogP contribution in [0.1, 0.15) is 15.9 Å². The first-order chi connectivity index (χ1) is 7.19. The predicted molar refractivity (Wildman–Crippen MR) is 62.9 cm³/mol. The molecule has 0 atom stereocenters. The summed E-state index contributed by atoms with van der Waals surface area (Å²) in [7, 11) is 1.33. The Kier molecular flexibility index (Phi) is 4.07. The van der Waals surface area contributed by atoms with E-state index in [2.05, 4.69) is 29.2 Å². The van der Waals surface area contributed by atoms with Crippen molar-refractivity contribution in [1.82, 2.24) is 0 Å². The summed E-state index contributed by atoms with van der Waals surface area (Å²) in [4.78, 5) is 11.2. The van der Waals surface area contributed by atoms with Gasteiger partial charge in [0.15, 0.2) is 0 Å². The third kappa shape index (κ3) is 2.93. The van der Waals surface area contributed by atoms with Crippen molar-refractivity contribution < 1.29 is 9.53 Å². The molecule has 0 aromatic heterocycles. The van der Waals surface area contributed by atoms with Gasteiger partial charge >= 0.3 is 5.97 Å². The largest absolute Gasteiger partial charge is 0.465 e. The topological polar surface area (TPSA) is 52.3 Å². The molecular weight excluding hydrogens is 210 g/mol. The zero-order chi connectivity index (χ0) is 11.3. The van der Waals surface area contributed by atoms with Gasteiger partial charge in [-0.3, -0.25) is 0 Å². The Bertz CT molecular complexity index is 432. The highest BCUT2D eigenvalue weighted by Crippen LogP contribution is 2.13. The Morgan fingerprint density at radius 3 is 2.93 bits per heavy atom. The lowest BCUT2D eigenvalue weighted by Gasteiger charge is -2.02. The summed E-state index contributed by atoms with van der Waals surface area (Å²) in [5.41, 5.74) is 7.29. The Labute approximate surface area is 94.0 Å². The van der Waals surface area contributed by atoms with Gasteiger partial charge in [0, 0.05) is 11.3 Å². The quantitative estimate of drug-likeness (QED) is 0.325. The van der Waals surface area contributed by atoms with Crippen LogP contribution < -0.4 is 5.73 Å². The lowest BCUT2D eigenvalue weighted by molar-refractivity contribution is 0.0600. The van der Waals surface area contributed by atoms with E-state index in [4.69, 9.17) is 5.73 Å². The molecule has 2 N–H and O–H groups in total. The van der Waals surface area contributed by atoms with E-state index in [-0.39, 0.29) is 0 Å². The van der Waals surface area contributed by atoms with Gasteiger partial charge in [-0.25, -0.2) is 4.79 Å². The van der Waals surface area contributed by atoms with Gasteiger partial charge in [-0.1, -0.05) is 11.8 Å². The third-order valence-electron chi connectivity index (χ3n) is 1.78. The Hall–Kier alpha value is -1.60. The minimum Gasteiger partial charge on any atom is -0.465 e. The van der Waals surface area contributed by atoms with Crippen molar-refractivity contribution in [2.75, 3.05) is 18.6 Å². The van der Waals surface area contributed by atoms with Crippen molar-refractivity contribution in [1.29, 1.82) is 0 Å². The molecule has 0 saturated heterocycles. The highest BCUT2D eigenvalue weighted by Gasteiger charge is 2.06. The van der Waals surface area contributed by atoms with Gasteiger partial charge in [0.25, 0.3) is 0 Å². The van der Waals surface area contributed by atoms with Gasteiger partial charge < -0.3 is 10.5 Å². The fourth-order valence-corrected chi connectivity index (χ4v) is 1.12. The van der Waals surface area contributed by atoms with E-state index >= 15 is 0 Å². The van der Waals surface area contributed by atoms with Crippen LogP contribution in [0, 0.1) is 11.8 Å². The first kappa shape index (κ1) is 11.5.